The highest BCUT2D eigenvalue weighted by molar-refractivity contribution is 5.95. The van der Waals surface area contributed by atoms with E-state index in [0.717, 1.165) is 22.5 Å². The van der Waals surface area contributed by atoms with Gasteiger partial charge in [-0.25, -0.2) is 4.98 Å². The number of carboxylic acids is 1. The summed E-state index contributed by atoms with van der Waals surface area (Å²) < 4.78 is 1.91. The number of nitrogens with zero attached hydrogens (tertiary/aromatic N) is 2. The first-order valence-corrected chi connectivity index (χ1v) is 7.83. The predicted molar refractivity (Wildman–Crippen MR) is 96.0 cm³/mol. The first kappa shape index (κ1) is 16.4. The number of nitrogens with one attached hydrogen (secondary N) is 1. The number of hydrogen-bond donors (Lipinski definition) is 3. The molecule has 0 fully saturated rings. The first-order valence-electron chi connectivity index (χ1n) is 7.83. The van der Waals surface area contributed by atoms with E-state index in [4.69, 9.17) is 16.2 Å². The van der Waals surface area contributed by atoms with Crippen LogP contribution < -0.4 is 5.73 Å². The first-order chi connectivity index (χ1) is 12.0. The van der Waals surface area contributed by atoms with Crippen molar-refractivity contribution in [3.63, 3.8) is 0 Å². The molecule has 6 nitrogen and oxygen atoms in total. The average molecular weight is 334 g/mol. The molecule has 0 atom stereocenters. The molecule has 4 N–H and O–H groups in total. The van der Waals surface area contributed by atoms with Gasteiger partial charge in [0.25, 0.3) is 0 Å². The summed E-state index contributed by atoms with van der Waals surface area (Å²) in [6.07, 6.45) is 4.31. The van der Waals surface area contributed by atoms with E-state index in [-0.39, 0.29) is 12.3 Å². The summed E-state index contributed by atoms with van der Waals surface area (Å²) in [5.41, 5.74) is 9.86. The van der Waals surface area contributed by atoms with Gasteiger partial charge >= 0.3 is 5.97 Å². The number of amidine groups is 1. The molecule has 0 radical (unpaired) electrons. The Morgan fingerprint density at radius 2 is 1.80 bits per heavy atom. The van der Waals surface area contributed by atoms with Crippen molar-refractivity contribution in [2.75, 3.05) is 0 Å². The van der Waals surface area contributed by atoms with E-state index in [1.54, 1.807) is 18.5 Å². The molecule has 1 heterocycles. The summed E-state index contributed by atoms with van der Waals surface area (Å²) in [6.45, 7) is 0. The molecule has 0 aliphatic heterocycles. The smallest absolute Gasteiger partial charge is 0.303 e. The van der Waals surface area contributed by atoms with E-state index in [0.29, 0.717) is 12.0 Å². The van der Waals surface area contributed by atoms with Crippen molar-refractivity contribution in [1.29, 1.82) is 5.41 Å². The fraction of sp³-hybridized carbons (Fsp3) is 0.105. The summed E-state index contributed by atoms with van der Waals surface area (Å²) in [6, 6.07) is 15.1. The van der Waals surface area contributed by atoms with Crippen LogP contribution >= 0.6 is 0 Å². The fourth-order valence-corrected chi connectivity index (χ4v) is 2.52. The minimum Gasteiger partial charge on any atom is -0.481 e. The lowest BCUT2D eigenvalue weighted by atomic mass is 10.1. The lowest BCUT2D eigenvalue weighted by Crippen LogP contribution is -2.10. The number of nitrogens with two attached hydrogens (primary N) is 1. The molecular formula is C19H18N4O2. The number of benzene rings is 2. The van der Waals surface area contributed by atoms with Crippen LogP contribution in [0.25, 0.3) is 16.9 Å². The van der Waals surface area contributed by atoms with Crippen LogP contribution in [0.4, 0.5) is 0 Å². The molecule has 0 aliphatic rings. The highest BCUT2D eigenvalue weighted by Gasteiger charge is 2.05. The largest absolute Gasteiger partial charge is 0.481 e. The third-order valence-corrected chi connectivity index (χ3v) is 3.94. The molecule has 25 heavy (non-hydrogen) atoms. The van der Waals surface area contributed by atoms with Gasteiger partial charge < -0.3 is 15.4 Å². The summed E-state index contributed by atoms with van der Waals surface area (Å²) in [5.74, 6) is -0.751. The zero-order valence-electron chi connectivity index (χ0n) is 13.5. The number of hydrogen-bond acceptors (Lipinski definition) is 3. The van der Waals surface area contributed by atoms with E-state index in [1.165, 1.54) is 0 Å². The lowest BCUT2D eigenvalue weighted by molar-refractivity contribution is -0.136. The Labute approximate surface area is 145 Å². The highest BCUT2D eigenvalue weighted by Crippen LogP contribution is 2.20. The zero-order chi connectivity index (χ0) is 17.8. The number of carbonyl (C=O) groups is 1. The normalized spacial score (nSPS) is 10.6. The van der Waals surface area contributed by atoms with Crippen molar-refractivity contribution < 1.29 is 9.90 Å². The van der Waals surface area contributed by atoms with Crippen LogP contribution in [0.2, 0.25) is 0 Å². The van der Waals surface area contributed by atoms with Gasteiger partial charge in [-0.1, -0.05) is 36.4 Å². The third kappa shape index (κ3) is 3.92. The molecule has 0 aliphatic carbocycles. The molecule has 6 heteroatoms. The Balaban J connectivity index is 1.76. The van der Waals surface area contributed by atoms with Gasteiger partial charge in [-0.05, 0) is 24.1 Å². The number of aryl methyl sites for hydroxylation is 1. The predicted octanol–water partition coefficient (Wildman–Crippen LogP) is 2.84. The summed E-state index contributed by atoms with van der Waals surface area (Å²) in [5, 5.41) is 16.2. The van der Waals surface area contributed by atoms with Crippen molar-refractivity contribution in [2.45, 2.75) is 12.8 Å². The summed E-state index contributed by atoms with van der Waals surface area (Å²) >= 11 is 0. The summed E-state index contributed by atoms with van der Waals surface area (Å²) in [4.78, 5) is 15.0. The van der Waals surface area contributed by atoms with Gasteiger partial charge in [-0.15, -0.1) is 0 Å². The molecule has 126 valence electrons. The molecule has 0 unspecified atom stereocenters. The monoisotopic (exact) mass is 334 g/mol. The maximum Gasteiger partial charge on any atom is 0.303 e. The lowest BCUT2D eigenvalue weighted by Gasteiger charge is -2.04. The minimum absolute atomic E-state index is 0.0417. The third-order valence-electron chi connectivity index (χ3n) is 3.94. The van der Waals surface area contributed by atoms with E-state index in [1.807, 2.05) is 47.2 Å². The van der Waals surface area contributed by atoms with Crippen molar-refractivity contribution in [1.82, 2.24) is 9.55 Å². The minimum atomic E-state index is -0.792. The van der Waals surface area contributed by atoms with Gasteiger partial charge in [0.05, 0.1) is 12.0 Å². The fourth-order valence-electron chi connectivity index (χ4n) is 2.52. The van der Waals surface area contributed by atoms with E-state index in [2.05, 4.69) is 4.98 Å². The molecule has 0 saturated carbocycles. The van der Waals surface area contributed by atoms with Crippen molar-refractivity contribution >= 4 is 11.8 Å². The molecule has 1 aromatic heterocycles. The van der Waals surface area contributed by atoms with Crippen LogP contribution in [-0.2, 0) is 11.2 Å². The molecule has 0 amide bonds. The number of rotatable bonds is 6. The topological polar surface area (TPSA) is 105 Å². The number of imidazole rings is 1. The Kier molecular flexibility index (Phi) is 4.61. The van der Waals surface area contributed by atoms with Crippen LogP contribution in [0.5, 0.6) is 0 Å². The Hall–Kier alpha value is -3.41. The van der Waals surface area contributed by atoms with Gasteiger partial charge in [0, 0.05) is 29.4 Å². The molecular weight excluding hydrogens is 316 g/mol. The number of nitrogen functional groups attached to an aromatic ring is 1. The van der Waals surface area contributed by atoms with Crippen LogP contribution in [0.15, 0.2) is 61.1 Å². The quantitative estimate of drug-likeness (QED) is 0.476. The van der Waals surface area contributed by atoms with E-state index < -0.39 is 5.97 Å². The standard InChI is InChI=1S/C19H18N4O2/c20-19(21)15-6-4-14(5-7-15)17-11-23(12-22-17)16-8-1-13(2-9-16)3-10-18(24)25/h1-2,4-9,11-12H,3,10H2,(H3,20,21)(H,24,25). The number of aromatic nitrogens is 2. The zero-order valence-corrected chi connectivity index (χ0v) is 13.5. The molecule has 3 rings (SSSR count). The molecule has 0 spiro atoms. The van der Waals surface area contributed by atoms with Gasteiger partial charge in [0.1, 0.15) is 5.84 Å². The number of aliphatic carboxylic acids is 1. The Bertz CT molecular complexity index is 896. The van der Waals surface area contributed by atoms with Crippen LogP contribution in [-0.4, -0.2) is 26.5 Å². The van der Waals surface area contributed by atoms with Crippen LogP contribution in [0, 0.1) is 5.41 Å². The van der Waals surface area contributed by atoms with Crippen LogP contribution in [0.3, 0.4) is 0 Å². The molecule has 0 bridgehead atoms. The van der Waals surface area contributed by atoms with E-state index in [9.17, 15) is 4.79 Å². The molecule has 2 aromatic carbocycles. The van der Waals surface area contributed by atoms with Gasteiger partial charge in [0.15, 0.2) is 0 Å². The maximum absolute atomic E-state index is 10.6. The van der Waals surface area contributed by atoms with Gasteiger partial charge in [0.2, 0.25) is 0 Å². The highest BCUT2D eigenvalue weighted by atomic mass is 16.4. The molecule has 3 aromatic rings. The van der Waals surface area contributed by atoms with Crippen molar-refractivity contribution in [2.24, 2.45) is 5.73 Å². The van der Waals surface area contributed by atoms with Crippen molar-refractivity contribution in [3.05, 3.63) is 72.2 Å². The van der Waals surface area contributed by atoms with Gasteiger partial charge in [-0.3, -0.25) is 10.2 Å². The SMILES string of the molecule is N=C(N)c1ccc(-c2cn(-c3ccc(CCC(=O)O)cc3)cn2)cc1. The second-order valence-corrected chi connectivity index (χ2v) is 5.72. The van der Waals surface area contributed by atoms with Crippen molar-refractivity contribution in [3.8, 4) is 16.9 Å². The van der Waals surface area contributed by atoms with Gasteiger partial charge in [-0.2, -0.15) is 0 Å². The second kappa shape index (κ2) is 7.00. The van der Waals surface area contributed by atoms with E-state index >= 15 is 0 Å². The average Bonchev–Trinajstić information content (AvgIpc) is 3.10. The Morgan fingerprint density at radius 1 is 1.12 bits per heavy atom. The number of carboxylic acid groups (broad SMARTS) is 1. The molecule has 0 saturated heterocycles. The second-order valence-electron chi connectivity index (χ2n) is 5.72. The van der Waals surface area contributed by atoms with Crippen LogP contribution in [0.1, 0.15) is 17.5 Å². The maximum atomic E-state index is 10.6. The Morgan fingerprint density at radius 3 is 2.40 bits per heavy atom. The summed E-state index contributed by atoms with van der Waals surface area (Å²) in [7, 11) is 0.